The quantitative estimate of drug-likeness (QED) is 0.387. The van der Waals surface area contributed by atoms with Crippen LogP contribution < -0.4 is 4.89 Å². The van der Waals surface area contributed by atoms with Crippen LogP contribution >= 0.6 is 7.82 Å². The van der Waals surface area contributed by atoms with Crippen LogP contribution in [-0.2, 0) is 13.6 Å². The fourth-order valence-corrected chi connectivity index (χ4v) is 1.42. The van der Waals surface area contributed by atoms with Crippen molar-refractivity contribution in [2.24, 2.45) is 0 Å². The molecular formula is C8H20NO6P. The number of nitrogens with zero attached hydrogens (tertiary/aromatic N) is 1. The van der Waals surface area contributed by atoms with Crippen molar-refractivity contribution in [2.45, 2.75) is 6.10 Å². The van der Waals surface area contributed by atoms with Gasteiger partial charge in [0.25, 0.3) is 7.82 Å². The summed E-state index contributed by atoms with van der Waals surface area (Å²) in [6, 6.07) is 0. The number of hydrogen-bond acceptors (Lipinski definition) is 6. The molecule has 0 aliphatic carbocycles. The maximum atomic E-state index is 11.2. The summed E-state index contributed by atoms with van der Waals surface area (Å²) in [6.45, 7) is -0.419. The van der Waals surface area contributed by atoms with Gasteiger partial charge in [-0.3, -0.25) is 4.57 Å². The molecule has 0 bridgehead atoms. The number of phosphoric acid groups is 1. The molecule has 0 amide bonds. The molecule has 0 aliphatic rings. The number of hydrogen-bond donors (Lipinski definition) is 2. The van der Waals surface area contributed by atoms with E-state index in [-0.39, 0.29) is 6.61 Å². The van der Waals surface area contributed by atoms with Crippen molar-refractivity contribution < 1.29 is 33.2 Å². The fraction of sp³-hybridized carbons (Fsp3) is 1.00. The van der Waals surface area contributed by atoms with Gasteiger partial charge in [0.05, 0.1) is 34.4 Å². The molecule has 0 aromatic rings. The molecule has 2 atom stereocenters. The van der Waals surface area contributed by atoms with E-state index in [9.17, 15) is 9.46 Å². The molecule has 0 saturated heterocycles. The summed E-state index contributed by atoms with van der Waals surface area (Å²) < 4.78 is 27.4. The largest absolute Gasteiger partial charge is 0.756 e. The number of rotatable bonds is 9. The molecule has 2 N–H and O–H groups in total. The lowest BCUT2D eigenvalue weighted by molar-refractivity contribution is -0.870. The Bertz CT molecular complexity index is 255. The van der Waals surface area contributed by atoms with E-state index in [1.165, 1.54) is 0 Å². The van der Waals surface area contributed by atoms with Gasteiger partial charge in [0.15, 0.2) is 0 Å². The minimum Gasteiger partial charge on any atom is -0.756 e. The highest BCUT2D eigenvalue weighted by atomic mass is 31.2. The SMILES string of the molecule is [2H]O[C@H](CO)COP(=O)([O-])OCC[N+](C)(C)C. The second-order valence-electron chi connectivity index (χ2n) is 4.39. The smallest absolute Gasteiger partial charge is 0.268 e. The van der Waals surface area contributed by atoms with E-state index >= 15 is 0 Å². The highest BCUT2D eigenvalue weighted by Gasteiger charge is 2.14. The Morgan fingerprint density at radius 2 is 2.12 bits per heavy atom. The van der Waals surface area contributed by atoms with Gasteiger partial charge in [-0.25, -0.2) is 0 Å². The van der Waals surface area contributed by atoms with E-state index in [0.717, 1.165) is 0 Å². The summed E-state index contributed by atoms with van der Waals surface area (Å²) in [4.78, 5) is 11.2. The van der Waals surface area contributed by atoms with Gasteiger partial charge in [0.1, 0.15) is 19.3 Å². The molecule has 0 aliphatic heterocycles. The third kappa shape index (κ3) is 9.23. The fourth-order valence-electron chi connectivity index (χ4n) is 0.691. The van der Waals surface area contributed by atoms with Crippen LogP contribution in [0.15, 0.2) is 0 Å². The van der Waals surface area contributed by atoms with Crippen LogP contribution in [0.4, 0.5) is 0 Å². The van der Waals surface area contributed by atoms with Crippen LogP contribution in [0.3, 0.4) is 0 Å². The molecule has 7 nitrogen and oxygen atoms in total. The number of phosphoric ester groups is 1. The zero-order valence-electron chi connectivity index (χ0n) is 10.8. The van der Waals surface area contributed by atoms with Crippen molar-refractivity contribution in [3.63, 3.8) is 0 Å². The average Bonchev–Trinajstić information content (AvgIpc) is 2.16. The monoisotopic (exact) mass is 258 g/mol. The lowest BCUT2D eigenvalue weighted by Crippen LogP contribution is -2.37. The van der Waals surface area contributed by atoms with E-state index < -0.39 is 27.1 Å². The zero-order valence-corrected chi connectivity index (χ0v) is 10.7. The molecule has 0 aromatic carbocycles. The van der Waals surface area contributed by atoms with E-state index in [2.05, 4.69) is 14.2 Å². The lowest BCUT2D eigenvalue weighted by atomic mass is 10.4. The minimum absolute atomic E-state index is 0.00972. The third-order valence-corrected chi connectivity index (χ3v) is 2.60. The van der Waals surface area contributed by atoms with Gasteiger partial charge in [-0.1, -0.05) is 0 Å². The molecule has 0 aromatic heterocycles. The Morgan fingerprint density at radius 1 is 1.50 bits per heavy atom. The second kappa shape index (κ2) is 6.66. The molecule has 0 heterocycles. The van der Waals surface area contributed by atoms with Gasteiger partial charge in [0, 0.05) is 0 Å². The first-order chi connectivity index (χ1) is 7.70. The summed E-state index contributed by atoms with van der Waals surface area (Å²) in [5, 5.41) is 12.7. The Morgan fingerprint density at radius 3 is 2.56 bits per heavy atom. The Kier molecular flexibility index (Phi) is 5.85. The van der Waals surface area contributed by atoms with Gasteiger partial charge >= 0.3 is 0 Å². The number of aliphatic hydroxyl groups excluding tert-OH is 2. The highest BCUT2D eigenvalue weighted by molar-refractivity contribution is 7.45. The molecule has 1 unspecified atom stereocenters. The van der Waals surface area contributed by atoms with Crippen LogP contribution in [0.25, 0.3) is 0 Å². The standard InChI is InChI=1S/C8H20NO6P/c1-9(2,3)4-5-14-16(12,13)15-7-8(11)6-10/h8,10-11H,4-7H2,1-3H3/t8-/m1/s1/i11D. The number of aliphatic hydroxyl groups is 2. The molecule has 8 heteroatoms. The molecule has 0 fully saturated rings. The van der Waals surface area contributed by atoms with Crippen LogP contribution in [0.5, 0.6) is 0 Å². The molecule has 0 saturated carbocycles. The van der Waals surface area contributed by atoms with Crippen molar-refractivity contribution in [3.05, 3.63) is 0 Å². The van der Waals surface area contributed by atoms with Gasteiger partial charge < -0.3 is 28.6 Å². The number of quaternary nitrogens is 1. The Balaban J connectivity index is 3.92. The Labute approximate surface area is 96.9 Å². The average molecular weight is 258 g/mol. The highest BCUT2D eigenvalue weighted by Crippen LogP contribution is 2.38. The minimum atomic E-state index is -4.39. The van der Waals surface area contributed by atoms with Crippen LogP contribution in [0.2, 0.25) is 0 Å². The summed E-state index contributed by atoms with van der Waals surface area (Å²) >= 11 is 0. The molecule has 98 valence electrons. The Hall–Kier alpha value is -0.0100. The van der Waals surface area contributed by atoms with Crippen molar-refractivity contribution in [2.75, 3.05) is 47.5 Å². The van der Waals surface area contributed by atoms with E-state index in [1.807, 2.05) is 21.1 Å². The maximum absolute atomic E-state index is 11.2. The van der Waals surface area contributed by atoms with Gasteiger partial charge in [-0.2, -0.15) is 0 Å². The topological polar surface area (TPSA) is 99.0 Å². The van der Waals surface area contributed by atoms with Crippen LogP contribution in [0.1, 0.15) is 0 Å². The van der Waals surface area contributed by atoms with E-state index in [0.29, 0.717) is 11.0 Å². The van der Waals surface area contributed by atoms with Gasteiger partial charge in [-0.15, -0.1) is 0 Å². The summed E-state index contributed by atoms with van der Waals surface area (Å²) in [6.07, 6.45) is -1.00. The van der Waals surface area contributed by atoms with E-state index in [1.54, 1.807) is 0 Å². The van der Waals surface area contributed by atoms with Crippen molar-refractivity contribution in [1.29, 1.82) is 1.43 Å². The molecule has 16 heavy (non-hydrogen) atoms. The third-order valence-electron chi connectivity index (χ3n) is 1.63. The van der Waals surface area contributed by atoms with E-state index in [4.69, 9.17) is 6.54 Å². The van der Waals surface area contributed by atoms with Crippen molar-refractivity contribution >= 4 is 7.82 Å². The normalized spacial score (nSPS) is 18.9. The second-order valence-corrected chi connectivity index (χ2v) is 5.81. The summed E-state index contributed by atoms with van der Waals surface area (Å²) in [7, 11) is 1.30. The number of likely N-dealkylation sites (N-methyl/N-ethyl adjacent to an activating group) is 1. The van der Waals surface area contributed by atoms with Crippen LogP contribution in [-0.4, -0.2) is 69.7 Å². The zero-order chi connectivity index (χ0) is 13.5. The maximum Gasteiger partial charge on any atom is 0.268 e. The first-order valence-electron chi connectivity index (χ1n) is 5.24. The molecule has 0 rings (SSSR count). The van der Waals surface area contributed by atoms with Crippen molar-refractivity contribution in [3.8, 4) is 0 Å². The summed E-state index contributed by atoms with van der Waals surface area (Å²) in [5.41, 5.74) is 0. The predicted octanol–water partition coefficient (Wildman–Crippen LogP) is -1.45. The first-order valence-corrected chi connectivity index (χ1v) is 6.29. The van der Waals surface area contributed by atoms with Crippen molar-refractivity contribution in [1.82, 2.24) is 0 Å². The van der Waals surface area contributed by atoms with Crippen LogP contribution in [0, 0.1) is 0 Å². The van der Waals surface area contributed by atoms with Gasteiger partial charge in [-0.05, 0) is 0 Å². The molecular weight excluding hydrogens is 237 g/mol. The predicted molar refractivity (Wildman–Crippen MR) is 55.5 cm³/mol. The first kappa shape index (κ1) is 14.1. The molecule has 0 spiro atoms. The van der Waals surface area contributed by atoms with Gasteiger partial charge in [0.2, 0.25) is 1.43 Å². The lowest BCUT2D eigenvalue weighted by Gasteiger charge is -2.27. The summed E-state index contributed by atoms with van der Waals surface area (Å²) in [5.74, 6) is 0. The molecule has 0 radical (unpaired) electrons.